The average Bonchev–Trinajstić information content (AvgIpc) is 1.98. The predicted molar refractivity (Wildman–Crippen MR) is 45.1 cm³/mol. The molecular weight excluding hydrogens is 138 g/mol. The summed E-state index contributed by atoms with van der Waals surface area (Å²) < 4.78 is 5.32. The minimum absolute atomic E-state index is 0.175. The van der Waals surface area contributed by atoms with Crippen molar-refractivity contribution in [2.75, 3.05) is 6.61 Å². The predicted octanol–water partition coefficient (Wildman–Crippen LogP) is 2.35. The summed E-state index contributed by atoms with van der Waals surface area (Å²) in [5.41, 5.74) is 0. The molecule has 0 aromatic heterocycles. The van der Waals surface area contributed by atoms with Crippen LogP contribution in [-0.4, -0.2) is 12.7 Å². The maximum absolute atomic E-state index is 8.59. The van der Waals surface area contributed by atoms with Crippen LogP contribution in [0, 0.1) is 17.2 Å². The Hall–Kier alpha value is -0.550. The van der Waals surface area contributed by atoms with Gasteiger partial charge >= 0.3 is 0 Å². The molecule has 0 heterocycles. The molecule has 0 aromatic carbocycles. The van der Waals surface area contributed by atoms with Gasteiger partial charge in [0.1, 0.15) is 0 Å². The third-order valence-electron chi connectivity index (χ3n) is 1.59. The second kappa shape index (κ2) is 6.18. The van der Waals surface area contributed by atoms with E-state index in [2.05, 4.69) is 6.07 Å². The molecule has 0 bridgehead atoms. The van der Waals surface area contributed by atoms with Crippen LogP contribution in [0.5, 0.6) is 0 Å². The van der Waals surface area contributed by atoms with E-state index in [4.69, 9.17) is 10.00 Å². The van der Waals surface area contributed by atoms with E-state index in [1.807, 2.05) is 20.8 Å². The Morgan fingerprint density at radius 2 is 2.09 bits per heavy atom. The van der Waals surface area contributed by atoms with Gasteiger partial charge < -0.3 is 4.74 Å². The molecule has 0 amide bonds. The molecule has 0 saturated heterocycles. The van der Waals surface area contributed by atoms with E-state index in [9.17, 15) is 0 Å². The minimum atomic E-state index is 0.175. The summed E-state index contributed by atoms with van der Waals surface area (Å²) in [4.78, 5) is 0. The van der Waals surface area contributed by atoms with Crippen molar-refractivity contribution in [3.8, 4) is 6.07 Å². The Kier molecular flexibility index (Phi) is 5.87. The summed E-state index contributed by atoms with van der Waals surface area (Å²) in [6, 6.07) is 2.25. The van der Waals surface area contributed by atoms with Crippen LogP contribution in [0.3, 0.4) is 0 Å². The molecule has 1 unspecified atom stereocenters. The van der Waals surface area contributed by atoms with E-state index in [1.54, 1.807) is 0 Å². The Morgan fingerprint density at radius 1 is 1.45 bits per heavy atom. The number of ether oxygens (including phenoxy) is 1. The summed E-state index contributed by atoms with van der Waals surface area (Å²) in [6.45, 7) is 6.76. The van der Waals surface area contributed by atoms with Gasteiger partial charge in [-0.2, -0.15) is 5.26 Å². The lowest BCUT2D eigenvalue weighted by molar-refractivity contribution is 0.0718. The Balaban J connectivity index is 3.30. The van der Waals surface area contributed by atoms with E-state index < -0.39 is 0 Å². The first kappa shape index (κ1) is 10.4. The molecule has 0 N–H and O–H groups in total. The molecule has 0 fully saturated rings. The van der Waals surface area contributed by atoms with Gasteiger partial charge in [-0.25, -0.2) is 0 Å². The second-order valence-corrected chi connectivity index (χ2v) is 2.94. The molecule has 11 heavy (non-hydrogen) atoms. The fourth-order valence-corrected chi connectivity index (χ4v) is 0.806. The lowest BCUT2D eigenvalue weighted by atomic mass is 10.1. The quantitative estimate of drug-likeness (QED) is 0.610. The number of nitrogens with zero attached hydrogens (tertiary/aromatic N) is 1. The first-order valence-corrected chi connectivity index (χ1v) is 4.21. The highest BCUT2D eigenvalue weighted by atomic mass is 16.5. The van der Waals surface area contributed by atoms with E-state index in [1.165, 1.54) is 0 Å². The van der Waals surface area contributed by atoms with E-state index in [-0.39, 0.29) is 12.0 Å². The van der Waals surface area contributed by atoms with E-state index in [0.717, 1.165) is 12.8 Å². The van der Waals surface area contributed by atoms with Crippen LogP contribution in [0.25, 0.3) is 0 Å². The summed E-state index contributed by atoms with van der Waals surface area (Å²) in [7, 11) is 0. The Morgan fingerprint density at radius 3 is 2.45 bits per heavy atom. The SMILES string of the molecule is CCC(C#N)CCOC(C)C. The summed E-state index contributed by atoms with van der Waals surface area (Å²) in [5.74, 6) is 0.175. The van der Waals surface area contributed by atoms with Crippen LogP contribution < -0.4 is 0 Å². The highest BCUT2D eigenvalue weighted by molar-refractivity contribution is 4.80. The van der Waals surface area contributed by atoms with Crippen molar-refractivity contribution < 1.29 is 4.74 Å². The Labute approximate surface area is 69.2 Å². The van der Waals surface area contributed by atoms with Crippen molar-refractivity contribution in [2.24, 2.45) is 5.92 Å². The largest absolute Gasteiger partial charge is 0.379 e. The monoisotopic (exact) mass is 155 g/mol. The Bertz CT molecular complexity index is 126. The molecule has 0 saturated carbocycles. The van der Waals surface area contributed by atoms with Crippen LogP contribution >= 0.6 is 0 Å². The number of nitriles is 1. The van der Waals surface area contributed by atoms with Crippen molar-refractivity contribution in [1.82, 2.24) is 0 Å². The van der Waals surface area contributed by atoms with Gasteiger partial charge in [0.05, 0.1) is 12.2 Å². The lowest BCUT2D eigenvalue weighted by Gasteiger charge is -2.08. The molecule has 0 aliphatic rings. The van der Waals surface area contributed by atoms with Crippen molar-refractivity contribution >= 4 is 0 Å². The van der Waals surface area contributed by atoms with Crippen LogP contribution in [0.2, 0.25) is 0 Å². The molecule has 1 atom stereocenters. The van der Waals surface area contributed by atoms with Crippen LogP contribution in [0.15, 0.2) is 0 Å². The summed E-state index contributed by atoms with van der Waals surface area (Å²) in [5, 5.41) is 8.59. The minimum Gasteiger partial charge on any atom is -0.379 e. The van der Waals surface area contributed by atoms with Gasteiger partial charge in [-0.1, -0.05) is 6.92 Å². The van der Waals surface area contributed by atoms with Crippen molar-refractivity contribution in [3.63, 3.8) is 0 Å². The third kappa shape index (κ3) is 5.87. The lowest BCUT2D eigenvalue weighted by Crippen LogP contribution is -2.07. The smallest absolute Gasteiger partial charge is 0.0656 e. The van der Waals surface area contributed by atoms with E-state index in [0.29, 0.717) is 6.61 Å². The molecule has 2 nitrogen and oxygen atoms in total. The molecule has 0 rings (SSSR count). The van der Waals surface area contributed by atoms with Crippen molar-refractivity contribution in [1.29, 1.82) is 5.26 Å². The van der Waals surface area contributed by atoms with Gasteiger partial charge in [0.2, 0.25) is 0 Å². The third-order valence-corrected chi connectivity index (χ3v) is 1.59. The first-order valence-electron chi connectivity index (χ1n) is 4.21. The van der Waals surface area contributed by atoms with Gasteiger partial charge in [0.15, 0.2) is 0 Å². The van der Waals surface area contributed by atoms with E-state index >= 15 is 0 Å². The number of hydrogen-bond acceptors (Lipinski definition) is 2. The maximum atomic E-state index is 8.59. The van der Waals surface area contributed by atoms with Crippen molar-refractivity contribution in [2.45, 2.75) is 39.7 Å². The number of rotatable bonds is 5. The molecule has 0 radical (unpaired) electrons. The molecule has 0 aliphatic heterocycles. The molecule has 2 heteroatoms. The fraction of sp³-hybridized carbons (Fsp3) is 0.889. The second-order valence-electron chi connectivity index (χ2n) is 2.94. The fourth-order valence-electron chi connectivity index (χ4n) is 0.806. The molecular formula is C9H17NO. The normalized spacial score (nSPS) is 13.0. The highest BCUT2D eigenvalue weighted by Gasteiger charge is 2.03. The van der Waals surface area contributed by atoms with Gasteiger partial charge in [-0.05, 0) is 26.7 Å². The van der Waals surface area contributed by atoms with Gasteiger partial charge in [-0.15, -0.1) is 0 Å². The van der Waals surface area contributed by atoms with Gasteiger partial charge in [0, 0.05) is 12.5 Å². The highest BCUT2D eigenvalue weighted by Crippen LogP contribution is 2.06. The maximum Gasteiger partial charge on any atom is 0.0656 e. The van der Waals surface area contributed by atoms with Crippen LogP contribution in [0.4, 0.5) is 0 Å². The zero-order chi connectivity index (χ0) is 8.69. The topological polar surface area (TPSA) is 33.0 Å². The molecule has 0 aromatic rings. The molecule has 0 spiro atoms. The number of hydrogen-bond donors (Lipinski definition) is 0. The van der Waals surface area contributed by atoms with Crippen molar-refractivity contribution in [3.05, 3.63) is 0 Å². The molecule has 0 aliphatic carbocycles. The van der Waals surface area contributed by atoms with Crippen LogP contribution in [-0.2, 0) is 4.74 Å². The summed E-state index contributed by atoms with van der Waals surface area (Å²) in [6.07, 6.45) is 2.08. The summed E-state index contributed by atoms with van der Waals surface area (Å²) >= 11 is 0. The average molecular weight is 155 g/mol. The zero-order valence-electron chi connectivity index (χ0n) is 7.63. The first-order chi connectivity index (χ1) is 5.20. The molecule has 64 valence electrons. The standard InChI is InChI=1S/C9H17NO/c1-4-9(7-10)5-6-11-8(2)3/h8-9H,4-6H2,1-3H3. The zero-order valence-corrected chi connectivity index (χ0v) is 7.63. The van der Waals surface area contributed by atoms with Crippen LogP contribution in [0.1, 0.15) is 33.6 Å². The van der Waals surface area contributed by atoms with Gasteiger partial charge in [-0.3, -0.25) is 0 Å². The van der Waals surface area contributed by atoms with Gasteiger partial charge in [0.25, 0.3) is 0 Å².